The lowest BCUT2D eigenvalue weighted by Crippen LogP contribution is -2.20. The van der Waals surface area contributed by atoms with Crippen LogP contribution in [0.2, 0.25) is 0 Å². The van der Waals surface area contributed by atoms with Gasteiger partial charge in [0.2, 0.25) is 0 Å². The van der Waals surface area contributed by atoms with Gasteiger partial charge in [-0.15, -0.1) is 11.3 Å². The lowest BCUT2D eigenvalue weighted by molar-refractivity contribution is -0.140. The molecule has 0 aromatic carbocycles. The second-order valence-electron chi connectivity index (χ2n) is 3.63. The zero-order valence-electron chi connectivity index (χ0n) is 10.1. The molecule has 18 heavy (non-hydrogen) atoms. The van der Waals surface area contributed by atoms with E-state index in [1.54, 1.807) is 0 Å². The summed E-state index contributed by atoms with van der Waals surface area (Å²) in [5.74, 6) is -1.11. The maximum Gasteiger partial charge on any atom is 0.311 e. The number of carbonyl (C=O) groups is 2. The fourth-order valence-corrected chi connectivity index (χ4v) is 2.08. The Balaban J connectivity index is 2.23. The van der Waals surface area contributed by atoms with Crippen molar-refractivity contribution in [2.24, 2.45) is 0 Å². The van der Waals surface area contributed by atoms with Gasteiger partial charge in [-0.05, 0) is 0 Å². The van der Waals surface area contributed by atoms with Gasteiger partial charge < -0.3 is 15.2 Å². The van der Waals surface area contributed by atoms with Crippen molar-refractivity contribution in [3.63, 3.8) is 0 Å². The number of thiazole rings is 1. The Morgan fingerprint density at radius 3 is 2.94 bits per heavy atom. The molecule has 0 aliphatic carbocycles. The number of methoxy groups -OCH3 is 1. The molecule has 1 rings (SSSR count). The number of carbonyl (C=O) groups excluding carboxylic acids is 1. The molecule has 6 nitrogen and oxygen atoms in total. The number of carboxylic acids is 1. The zero-order valence-corrected chi connectivity index (χ0v) is 11.0. The largest absolute Gasteiger partial charge is 0.481 e. The third-order valence-electron chi connectivity index (χ3n) is 2.18. The first-order chi connectivity index (χ1) is 8.61. The molecular weight excluding hydrogens is 256 g/mol. The van der Waals surface area contributed by atoms with E-state index >= 15 is 0 Å². The molecule has 0 spiro atoms. The van der Waals surface area contributed by atoms with Crippen LogP contribution in [-0.2, 0) is 27.2 Å². The predicted octanol–water partition coefficient (Wildman–Crippen LogP) is 0.465. The normalized spacial score (nSPS) is 10.3. The highest BCUT2D eigenvalue weighted by molar-refractivity contribution is 7.09. The van der Waals surface area contributed by atoms with Crippen LogP contribution in [0.25, 0.3) is 0 Å². The Labute approximate surface area is 109 Å². The van der Waals surface area contributed by atoms with Gasteiger partial charge in [0, 0.05) is 24.9 Å². The summed E-state index contributed by atoms with van der Waals surface area (Å²) in [6.07, 6.45) is 1.04. The van der Waals surface area contributed by atoms with Crippen LogP contribution >= 0.6 is 11.3 Å². The average Bonchev–Trinajstić information content (AvgIpc) is 2.75. The molecule has 2 N–H and O–H groups in total. The molecule has 0 atom stereocenters. The molecule has 7 heteroatoms. The Kier molecular flexibility index (Phi) is 6.31. The Hall–Kier alpha value is -1.47. The summed E-state index contributed by atoms with van der Waals surface area (Å²) in [4.78, 5) is 25.6. The molecule has 0 unspecified atom stereocenters. The highest BCUT2D eigenvalue weighted by Crippen LogP contribution is 2.10. The Morgan fingerprint density at radius 2 is 2.28 bits per heavy atom. The highest BCUT2D eigenvalue weighted by Gasteiger charge is 2.07. The predicted molar refractivity (Wildman–Crippen MR) is 66.7 cm³/mol. The van der Waals surface area contributed by atoms with Gasteiger partial charge in [0.1, 0.15) is 0 Å². The summed E-state index contributed by atoms with van der Waals surface area (Å²) in [6.45, 7) is 1.13. The Morgan fingerprint density at radius 1 is 1.50 bits per heavy atom. The average molecular weight is 272 g/mol. The van der Waals surface area contributed by atoms with E-state index < -0.39 is 5.97 Å². The third kappa shape index (κ3) is 5.74. The van der Waals surface area contributed by atoms with Gasteiger partial charge in [0.15, 0.2) is 0 Å². The first-order valence-electron chi connectivity index (χ1n) is 5.54. The van der Waals surface area contributed by atoms with Crippen LogP contribution in [0, 0.1) is 0 Å². The molecule has 0 aliphatic rings. The van der Waals surface area contributed by atoms with Crippen LogP contribution in [-0.4, -0.2) is 42.2 Å². The van der Waals surface area contributed by atoms with Gasteiger partial charge >= 0.3 is 11.9 Å². The molecule has 0 fully saturated rings. The summed E-state index contributed by atoms with van der Waals surface area (Å²) in [5, 5.41) is 14.2. The molecule has 100 valence electrons. The second kappa shape index (κ2) is 7.78. The van der Waals surface area contributed by atoms with Crippen molar-refractivity contribution >= 4 is 23.3 Å². The van der Waals surface area contributed by atoms with Crippen molar-refractivity contribution in [2.45, 2.75) is 19.3 Å². The molecule has 0 saturated carbocycles. The number of hydrogen-bond donors (Lipinski definition) is 2. The van der Waals surface area contributed by atoms with Gasteiger partial charge in [0.25, 0.3) is 0 Å². The molecule has 0 amide bonds. The van der Waals surface area contributed by atoms with Crippen molar-refractivity contribution in [3.05, 3.63) is 16.1 Å². The number of nitrogens with zero attached hydrogens (tertiary/aromatic N) is 1. The summed E-state index contributed by atoms with van der Waals surface area (Å²) >= 11 is 1.49. The number of carboxylic acid groups (broad SMARTS) is 1. The minimum absolute atomic E-state index is 0.117. The number of aliphatic carboxylic acids is 1. The van der Waals surface area contributed by atoms with Crippen molar-refractivity contribution in [1.82, 2.24) is 10.3 Å². The van der Waals surface area contributed by atoms with E-state index in [9.17, 15) is 9.59 Å². The van der Waals surface area contributed by atoms with Crippen molar-refractivity contribution in [2.75, 3.05) is 20.2 Å². The standard InChI is InChI=1S/C11H16N2O4S/c1-17-11(16)6-8-7-18-9(13-8)2-4-12-5-3-10(14)15/h7,12H,2-6H2,1H3,(H,14,15). The second-order valence-corrected chi connectivity index (χ2v) is 4.57. The maximum absolute atomic E-state index is 11.0. The molecule has 1 heterocycles. The number of rotatable bonds is 8. The molecule has 0 aliphatic heterocycles. The van der Waals surface area contributed by atoms with E-state index in [4.69, 9.17) is 5.11 Å². The van der Waals surface area contributed by atoms with Crippen molar-refractivity contribution in [3.8, 4) is 0 Å². The monoisotopic (exact) mass is 272 g/mol. The van der Waals surface area contributed by atoms with E-state index in [1.165, 1.54) is 18.4 Å². The lowest BCUT2D eigenvalue weighted by Gasteiger charge is -2.00. The summed E-state index contributed by atoms with van der Waals surface area (Å²) < 4.78 is 4.56. The summed E-state index contributed by atoms with van der Waals surface area (Å²) in [6, 6.07) is 0. The van der Waals surface area contributed by atoms with Crippen LogP contribution in [0.5, 0.6) is 0 Å². The van der Waals surface area contributed by atoms with Crippen LogP contribution in [0.3, 0.4) is 0 Å². The zero-order chi connectivity index (χ0) is 13.4. The minimum Gasteiger partial charge on any atom is -0.481 e. The molecule has 1 aromatic rings. The molecule has 0 radical (unpaired) electrons. The van der Waals surface area contributed by atoms with Gasteiger partial charge in [-0.2, -0.15) is 0 Å². The van der Waals surface area contributed by atoms with Gasteiger partial charge in [0.05, 0.1) is 30.7 Å². The molecule has 0 saturated heterocycles. The number of hydrogen-bond acceptors (Lipinski definition) is 6. The minimum atomic E-state index is -0.808. The highest BCUT2D eigenvalue weighted by atomic mass is 32.1. The number of esters is 1. The molecular formula is C11H16N2O4S. The molecule has 0 bridgehead atoms. The van der Waals surface area contributed by atoms with Crippen LogP contribution in [0.4, 0.5) is 0 Å². The summed E-state index contributed by atoms with van der Waals surface area (Å²) in [7, 11) is 1.35. The fraction of sp³-hybridized carbons (Fsp3) is 0.545. The van der Waals surface area contributed by atoms with E-state index in [0.29, 0.717) is 18.8 Å². The van der Waals surface area contributed by atoms with E-state index in [0.717, 1.165) is 11.4 Å². The SMILES string of the molecule is COC(=O)Cc1csc(CCNCCC(=O)O)n1. The number of ether oxygens (including phenoxy) is 1. The topological polar surface area (TPSA) is 88.5 Å². The van der Waals surface area contributed by atoms with Crippen LogP contribution in [0.15, 0.2) is 5.38 Å². The van der Waals surface area contributed by atoms with E-state index in [1.807, 2.05) is 5.38 Å². The first-order valence-corrected chi connectivity index (χ1v) is 6.42. The number of nitrogens with one attached hydrogen (secondary N) is 1. The van der Waals surface area contributed by atoms with Gasteiger partial charge in [-0.25, -0.2) is 4.98 Å². The van der Waals surface area contributed by atoms with Crippen LogP contribution in [0.1, 0.15) is 17.1 Å². The number of aromatic nitrogens is 1. The Bertz CT molecular complexity index is 406. The summed E-state index contributed by atoms with van der Waals surface area (Å²) in [5.41, 5.74) is 0.715. The van der Waals surface area contributed by atoms with Gasteiger partial charge in [-0.3, -0.25) is 9.59 Å². The van der Waals surface area contributed by atoms with E-state index in [2.05, 4.69) is 15.0 Å². The van der Waals surface area contributed by atoms with Crippen LogP contribution < -0.4 is 5.32 Å². The van der Waals surface area contributed by atoms with Crippen molar-refractivity contribution in [1.29, 1.82) is 0 Å². The quantitative estimate of drug-likeness (QED) is 0.528. The molecule has 1 aromatic heterocycles. The van der Waals surface area contributed by atoms with E-state index in [-0.39, 0.29) is 18.8 Å². The van der Waals surface area contributed by atoms with Gasteiger partial charge in [-0.1, -0.05) is 0 Å². The fourth-order valence-electron chi connectivity index (χ4n) is 1.28. The smallest absolute Gasteiger partial charge is 0.311 e. The first kappa shape index (κ1) is 14.6. The third-order valence-corrected chi connectivity index (χ3v) is 3.14. The van der Waals surface area contributed by atoms with Crippen molar-refractivity contribution < 1.29 is 19.4 Å². The maximum atomic E-state index is 11.0. The lowest BCUT2D eigenvalue weighted by atomic mass is 10.3.